The summed E-state index contributed by atoms with van der Waals surface area (Å²) in [6.07, 6.45) is 4.12. The third-order valence-corrected chi connectivity index (χ3v) is 5.35. The van der Waals surface area contributed by atoms with Gasteiger partial charge in [0.05, 0.1) is 11.8 Å². The van der Waals surface area contributed by atoms with Crippen molar-refractivity contribution in [2.24, 2.45) is 0 Å². The van der Waals surface area contributed by atoms with Crippen molar-refractivity contribution < 1.29 is 14.0 Å². The number of furan rings is 1. The summed E-state index contributed by atoms with van der Waals surface area (Å²) in [4.78, 5) is 29.4. The first kappa shape index (κ1) is 19.0. The standard InChI is InChI=1S/C24H24N2O3/c27-23(25-13-10-20-8-4-5-9-21(20)17-25)11-14-26(16-19-6-2-1-3-7-19)24(28)22-12-15-29-18-22/h1-9,12,15,18H,10-11,13-14,16-17H2. The lowest BCUT2D eigenvalue weighted by Crippen LogP contribution is -2.39. The van der Waals surface area contributed by atoms with Crippen molar-refractivity contribution in [3.63, 3.8) is 0 Å². The van der Waals surface area contributed by atoms with Gasteiger partial charge in [0.1, 0.15) is 6.26 Å². The summed E-state index contributed by atoms with van der Waals surface area (Å²) in [5.74, 6) is -0.0445. The van der Waals surface area contributed by atoms with E-state index in [1.165, 1.54) is 23.7 Å². The lowest BCUT2D eigenvalue weighted by molar-refractivity contribution is -0.132. The summed E-state index contributed by atoms with van der Waals surface area (Å²) in [5.41, 5.74) is 4.06. The first-order valence-electron chi connectivity index (χ1n) is 9.90. The second-order valence-corrected chi connectivity index (χ2v) is 7.31. The van der Waals surface area contributed by atoms with Crippen LogP contribution in [-0.4, -0.2) is 34.7 Å². The third kappa shape index (κ3) is 4.57. The van der Waals surface area contributed by atoms with Crippen LogP contribution in [-0.2, 0) is 24.3 Å². The highest BCUT2D eigenvalue weighted by Gasteiger charge is 2.23. The SMILES string of the molecule is O=C(CCN(Cc1ccccc1)C(=O)c1ccoc1)N1CCc2ccccc2C1. The molecule has 29 heavy (non-hydrogen) atoms. The molecule has 0 N–H and O–H groups in total. The van der Waals surface area contributed by atoms with E-state index >= 15 is 0 Å². The Labute approximate surface area is 170 Å². The van der Waals surface area contributed by atoms with Gasteiger partial charge in [0, 0.05) is 32.6 Å². The van der Waals surface area contributed by atoms with Gasteiger partial charge in [-0.3, -0.25) is 9.59 Å². The maximum atomic E-state index is 12.9. The van der Waals surface area contributed by atoms with Crippen LogP contribution in [0.2, 0.25) is 0 Å². The molecular weight excluding hydrogens is 364 g/mol. The Morgan fingerprint density at radius 3 is 2.48 bits per heavy atom. The predicted molar refractivity (Wildman–Crippen MR) is 110 cm³/mol. The number of rotatable bonds is 6. The molecule has 0 spiro atoms. The summed E-state index contributed by atoms with van der Waals surface area (Å²) in [7, 11) is 0. The molecule has 1 aliphatic heterocycles. The fourth-order valence-corrected chi connectivity index (χ4v) is 3.72. The molecule has 1 aromatic heterocycles. The maximum Gasteiger partial charge on any atom is 0.257 e. The number of amides is 2. The highest BCUT2D eigenvalue weighted by atomic mass is 16.3. The third-order valence-electron chi connectivity index (χ3n) is 5.35. The van der Waals surface area contributed by atoms with E-state index in [0.29, 0.717) is 31.6 Å². The van der Waals surface area contributed by atoms with Gasteiger partial charge in [-0.05, 0) is 29.2 Å². The lowest BCUT2D eigenvalue weighted by Gasteiger charge is -2.30. The van der Waals surface area contributed by atoms with Gasteiger partial charge in [0.15, 0.2) is 0 Å². The molecule has 148 valence electrons. The van der Waals surface area contributed by atoms with Crippen LogP contribution >= 0.6 is 0 Å². The van der Waals surface area contributed by atoms with Crippen LogP contribution in [0, 0.1) is 0 Å². The van der Waals surface area contributed by atoms with Crippen molar-refractivity contribution in [1.29, 1.82) is 0 Å². The fourth-order valence-electron chi connectivity index (χ4n) is 3.72. The number of benzene rings is 2. The van der Waals surface area contributed by atoms with E-state index in [1.807, 2.05) is 47.4 Å². The van der Waals surface area contributed by atoms with E-state index in [4.69, 9.17) is 4.42 Å². The van der Waals surface area contributed by atoms with Crippen LogP contribution in [0.5, 0.6) is 0 Å². The molecule has 5 nitrogen and oxygen atoms in total. The molecule has 2 amide bonds. The van der Waals surface area contributed by atoms with Gasteiger partial charge in [0.25, 0.3) is 5.91 Å². The average molecular weight is 388 g/mol. The lowest BCUT2D eigenvalue weighted by atomic mass is 10.00. The van der Waals surface area contributed by atoms with Crippen molar-refractivity contribution in [1.82, 2.24) is 9.80 Å². The number of nitrogens with zero attached hydrogens (tertiary/aromatic N) is 2. The molecule has 0 saturated heterocycles. The van der Waals surface area contributed by atoms with Crippen LogP contribution in [0.1, 0.15) is 33.5 Å². The molecule has 0 saturated carbocycles. The van der Waals surface area contributed by atoms with Crippen LogP contribution in [0.15, 0.2) is 77.6 Å². The average Bonchev–Trinajstić information content (AvgIpc) is 3.31. The summed E-state index contributed by atoms with van der Waals surface area (Å²) < 4.78 is 5.07. The molecule has 0 unspecified atom stereocenters. The minimum absolute atomic E-state index is 0.0811. The second kappa shape index (κ2) is 8.78. The summed E-state index contributed by atoms with van der Waals surface area (Å²) in [6, 6.07) is 19.7. The molecule has 3 aromatic rings. The minimum atomic E-state index is -0.126. The maximum absolute atomic E-state index is 12.9. The van der Waals surface area contributed by atoms with Crippen molar-refractivity contribution >= 4 is 11.8 Å². The van der Waals surface area contributed by atoms with E-state index in [0.717, 1.165) is 18.5 Å². The first-order chi connectivity index (χ1) is 14.2. The molecule has 0 aliphatic carbocycles. The van der Waals surface area contributed by atoms with Gasteiger partial charge in [-0.1, -0.05) is 54.6 Å². The van der Waals surface area contributed by atoms with Gasteiger partial charge in [-0.25, -0.2) is 0 Å². The van der Waals surface area contributed by atoms with E-state index in [-0.39, 0.29) is 11.8 Å². The quantitative estimate of drug-likeness (QED) is 0.644. The normalized spacial score (nSPS) is 13.0. The number of carbonyl (C=O) groups excluding carboxylic acids is 2. The van der Waals surface area contributed by atoms with Crippen LogP contribution in [0.3, 0.4) is 0 Å². The Balaban J connectivity index is 1.42. The number of hydrogen-bond donors (Lipinski definition) is 0. The van der Waals surface area contributed by atoms with Crippen molar-refractivity contribution in [3.8, 4) is 0 Å². The van der Waals surface area contributed by atoms with Crippen LogP contribution < -0.4 is 0 Å². The van der Waals surface area contributed by atoms with Gasteiger partial charge in [-0.2, -0.15) is 0 Å². The highest BCUT2D eigenvalue weighted by molar-refractivity contribution is 5.94. The predicted octanol–water partition coefficient (Wildman–Crippen LogP) is 3.90. The van der Waals surface area contributed by atoms with Crippen LogP contribution in [0.25, 0.3) is 0 Å². The van der Waals surface area contributed by atoms with E-state index < -0.39 is 0 Å². The van der Waals surface area contributed by atoms with Gasteiger partial charge < -0.3 is 14.2 Å². The largest absolute Gasteiger partial charge is 0.472 e. The Morgan fingerprint density at radius 2 is 1.72 bits per heavy atom. The molecule has 2 heterocycles. The zero-order valence-corrected chi connectivity index (χ0v) is 16.3. The molecule has 2 aromatic carbocycles. The topological polar surface area (TPSA) is 53.8 Å². The Morgan fingerprint density at radius 1 is 0.966 bits per heavy atom. The van der Waals surface area contributed by atoms with Crippen molar-refractivity contribution in [2.45, 2.75) is 25.9 Å². The number of carbonyl (C=O) groups is 2. The number of fused-ring (bicyclic) bond motifs is 1. The highest BCUT2D eigenvalue weighted by Crippen LogP contribution is 2.19. The summed E-state index contributed by atoms with van der Waals surface area (Å²) in [5, 5.41) is 0. The monoisotopic (exact) mass is 388 g/mol. The molecule has 4 rings (SSSR count). The van der Waals surface area contributed by atoms with E-state index in [1.54, 1.807) is 11.0 Å². The van der Waals surface area contributed by atoms with Gasteiger partial charge >= 0.3 is 0 Å². The molecular formula is C24H24N2O3. The molecule has 0 radical (unpaired) electrons. The Hall–Kier alpha value is -3.34. The molecule has 0 bridgehead atoms. The second-order valence-electron chi connectivity index (χ2n) is 7.31. The number of hydrogen-bond acceptors (Lipinski definition) is 3. The Bertz CT molecular complexity index is 967. The smallest absolute Gasteiger partial charge is 0.257 e. The molecule has 5 heteroatoms. The van der Waals surface area contributed by atoms with E-state index in [2.05, 4.69) is 12.1 Å². The molecule has 0 atom stereocenters. The fraction of sp³-hybridized carbons (Fsp3) is 0.250. The zero-order valence-electron chi connectivity index (χ0n) is 16.3. The van der Waals surface area contributed by atoms with Crippen molar-refractivity contribution in [3.05, 3.63) is 95.4 Å². The summed E-state index contributed by atoms with van der Waals surface area (Å²) in [6.45, 7) is 2.20. The van der Waals surface area contributed by atoms with E-state index in [9.17, 15) is 9.59 Å². The zero-order chi connectivity index (χ0) is 20.1. The molecule has 0 fully saturated rings. The van der Waals surface area contributed by atoms with Gasteiger partial charge in [0.2, 0.25) is 5.91 Å². The summed E-state index contributed by atoms with van der Waals surface area (Å²) >= 11 is 0. The van der Waals surface area contributed by atoms with Crippen molar-refractivity contribution in [2.75, 3.05) is 13.1 Å². The molecule has 1 aliphatic rings. The first-order valence-corrected chi connectivity index (χ1v) is 9.90. The minimum Gasteiger partial charge on any atom is -0.472 e. The Kier molecular flexibility index (Phi) is 5.75. The van der Waals surface area contributed by atoms with Gasteiger partial charge in [-0.15, -0.1) is 0 Å². The van der Waals surface area contributed by atoms with Crippen LogP contribution in [0.4, 0.5) is 0 Å².